The van der Waals surface area contributed by atoms with Crippen molar-refractivity contribution in [2.24, 2.45) is 11.7 Å². The zero-order valence-electron chi connectivity index (χ0n) is 10.1. The van der Waals surface area contributed by atoms with E-state index < -0.39 is 12.6 Å². The first-order valence-electron chi connectivity index (χ1n) is 5.91. The summed E-state index contributed by atoms with van der Waals surface area (Å²) in [5.74, 6) is -0.230. The fourth-order valence-corrected chi connectivity index (χ4v) is 1.39. The first-order chi connectivity index (χ1) is 7.87. The number of carbonyl (C=O) groups is 1. The maximum absolute atomic E-state index is 11.8. The molecule has 102 valence electrons. The lowest BCUT2D eigenvalue weighted by molar-refractivity contribution is -0.135. The van der Waals surface area contributed by atoms with Crippen LogP contribution in [-0.2, 0) is 4.79 Å². The third-order valence-corrected chi connectivity index (χ3v) is 2.48. The zero-order valence-corrected chi connectivity index (χ0v) is 10.1. The van der Waals surface area contributed by atoms with Crippen LogP contribution in [0.15, 0.2) is 0 Å². The second kappa shape index (κ2) is 8.33. The molecule has 3 nitrogen and oxygen atoms in total. The van der Waals surface area contributed by atoms with Gasteiger partial charge in [0.2, 0.25) is 5.91 Å². The van der Waals surface area contributed by atoms with E-state index in [9.17, 15) is 18.0 Å². The molecule has 0 aromatic carbocycles. The fraction of sp³-hybridized carbons (Fsp3) is 0.909. The second-order valence-corrected chi connectivity index (χ2v) is 4.20. The Kier molecular flexibility index (Phi) is 7.95. The van der Waals surface area contributed by atoms with Crippen LogP contribution in [0.4, 0.5) is 13.2 Å². The molecule has 0 aromatic rings. The Balaban J connectivity index is 3.51. The Labute approximate surface area is 99.9 Å². The molecule has 0 aromatic heterocycles. The molecule has 0 fully saturated rings. The van der Waals surface area contributed by atoms with E-state index in [1.165, 1.54) is 0 Å². The number of nitrogens with one attached hydrogen (secondary N) is 1. The Morgan fingerprint density at radius 3 is 2.47 bits per heavy atom. The SMILES string of the molecule is CC(CCCN)C(=O)NCCCCC(F)(F)F. The summed E-state index contributed by atoms with van der Waals surface area (Å²) in [4.78, 5) is 11.4. The van der Waals surface area contributed by atoms with Crippen LogP contribution in [-0.4, -0.2) is 25.2 Å². The fourth-order valence-electron chi connectivity index (χ4n) is 1.39. The second-order valence-electron chi connectivity index (χ2n) is 4.20. The minimum absolute atomic E-state index is 0.0565. The van der Waals surface area contributed by atoms with Crippen molar-refractivity contribution >= 4 is 5.91 Å². The van der Waals surface area contributed by atoms with E-state index >= 15 is 0 Å². The number of carbonyl (C=O) groups excluding carboxylic acids is 1. The van der Waals surface area contributed by atoms with Gasteiger partial charge in [0, 0.05) is 18.9 Å². The molecular formula is C11H21F3N2O. The number of unbranched alkanes of at least 4 members (excludes halogenated alkanes) is 1. The van der Waals surface area contributed by atoms with Gasteiger partial charge in [-0.05, 0) is 32.2 Å². The highest BCUT2D eigenvalue weighted by molar-refractivity contribution is 5.78. The van der Waals surface area contributed by atoms with Gasteiger partial charge in [-0.15, -0.1) is 0 Å². The third-order valence-electron chi connectivity index (χ3n) is 2.48. The lowest BCUT2D eigenvalue weighted by Crippen LogP contribution is -2.30. The van der Waals surface area contributed by atoms with Crippen molar-refractivity contribution in [1.29, 1.82) is 0 Å². The zero-order chi connectivity index (χ0) is 13.3. The van der Waals surface area contributed by atoms with Gasteiger partial charge in [-0.2, -0.15) is 13.2 Å². The van der Waals surface area contributed by atoms with Crippen molar-refractivity contribution in [2.75, 3.05) is 13.1 Å². The van der Waals surface area contributed by atoms with Crippen molar-refractivity contribution in [3.63, 3.8) is 0 Å². The van der Waals surface area contributed by atoms with Gasteiger partial charge in [-0.1, -0.05) is 6.92 Å². The van der Waals surface area contributed by atoms with Crippen LogP contribution in [0.1, 0.15) is 39.0 Å². The van der Waals surface area contributed by atoms with Gasteiger partial charge >= 0.3 is 6.18 Å². The van der Waals surface area contributed by atoms with Gasteiger partial charge in [0.15, 0.2) is 0 Å². The van der Waals surface area contributed by atoms with Crippen molar-refractivity contribution in [2.45, 2.75) is 45.2 Å². The quantitative estimate of drug-likeness (QED) is 0.652. The smallest absolute Gasteiger partial charge is 0.356 e. The summed E-state index contributed by atoms with van der Waals surface area (Å²) in [5.41, 5.74) is 5.32. The molecule has 1 amide bonds. The molecular weight excluding hydrogens is 233 g/mol. The van der Waals surface area contributed by atoms with Crippen LogP contribution in [0, 0.1) is 5.92 Å². The van der Waals surface area contributed by atoms with E-state index in [1.807, 2.05) is 0 Å². The number of nitrogens with two attached hydrogens (primary N) is 1. The monoisotopic (exact) mass is 254 g/mol. The molecule has 0 saturated carbocycles. The highest BCUT2D eigenvalue weighted by Crippen LogP contribution is 2.21. The van der Waals surface area contributed by atoms with E-state index in [0.717, 1.165) is 6.42 Å². The average molecular weight is 254 g/mol. The molecule has 0 rings (SSSR count). The van der Waals surface area contributed by atoms with E-state index in [-0.39, 0.29) is 18.2 Å². The third kappa shape index (κ3) is 10.1. The van der Waals surface area contributed by atoms with E-state index in [1.54, 1.807) is 6.92 Å². The molecule has 0 heterocycles. The van der Waals surface area contributed by atoms with Crippen molar-refractivity contribution in [1.82, 2.24) is 5.32 Å². The summed E-state index contributed by atoms with van der Waals surface area (Å²) < 4.78 is 35.4. The topological polar surface area (TPSA) is 55.1 Å². The minimum Gasteiger partial charge on any atom is -0.356 e. The average Bonchev–Trinajstić information content (AvgIpc) is 2.23. The van der Waals surface area contributed by atoms with Gasteiger partial charge in [0.05, 0.1) is 0 Å². The van der Waals surface area contributed by atoms with Crippen LogP contribution in [0.5, 0.6) is 0 Å². The van der Waals surface area contributed by atoms with Crippen LogP contribution in [0.2, 0.25) is 0 Å². The van der Waals surface area contributed by atoms with Crippen molar-refractivity contribution in [3.8, 4) is 0 Å². The molecule has 0 aliphatic rings. The van der Waals surface area contributed by atoms with E-state index in [2.05, 4.69) is 5.32 Å². The predicted molar refractivity (Wildman–Crippen MR) is 60.4 cm³/mol. The summed E-state index contributed by atoms with van der Waals surface area (Å²) in [7, 11) is 0. The molecule has 0 radical (unpaired) electrons. The minimum atomic E-state index is -4.10. The summed E-state index contributed by atoms with van der Waals surface area (Å²) in [6.45, 7) is 2.64. The van der Waals surface area contributed by atoms with Gasteiger partial charge < -0.3 is 11.1 Å². The summed E-state index contributed by atoms with van der Waals surface area (Å²) >= 11 is 0. The molecule has 0 bridgehead atoms. The highest BCUT2D eigenvalue weighted by atomic mass is 19.4. The molecule has 0 spiro atoms. The number of hydrogen-bond donors (Lipinski definition) is 2. The lowest BCUT2D eigenvalue weighted by Gasteiger charge is -2.11. The van der Waals surface area contributed by atoms with E-state index in [0.29, 0.717) is 25.9 Å². The predicted octanol–water partition coefficient (Wildman–Crippen LogP) is 2.21. The van der Waals surface area contributed by atoms with Gasteiger partial charge in [-0.25, -0.2) is 0 Å². The number of hydrogen-bond acceptors (Lipinski definition) is 2. The summed E-state index contributed by atoms with van der Waals surface area (Å²) in [6, 6.07) is 0. The first-order valence-corrected chi connectivity index (χ1v) is 5.91. The van der Waals surface area contributed by atoms with Crippen LogP contribution >= 0.6 is 0 Å². The summed E-state index contributed by atoms with van der Waals surface area (Å²) in [6.07, 6.45) is -2.98. The standard InChI is InChI=1S/C11H21F3N2O/c1-9(5-4-7-15)10(17)16-8-3-2-6-11(12,13)14/h9H,2-8,15H2,1H3,(H,16,17). The highest BCUT2D eigenvalue weighted by Gasteiger charge is 2.25. The molecule has 1 atom stereocenters. The number of halogens is 3. The maximum atomic E-state index is 11.8. The number of rotatable bonds is 8. The molecule has 17 heavy (non-hydrogen) atoms. The van der Waals surface area contributed by atoms with Crippen molar-refractivity contribution < 1.29 is 18.0 Å². The molecule has 0 aliphatic heterocycles. The van der Waals surface area contributed by atoms with Crippen LogP contribution in [0.25, 0.3) is 0 Å². The van der Waals surface area contributed by atoms with Gasteiger partial charge in [0.25, 0.3) is 0 Å². The van der Waals surface area contributed by atoms with Crippen molar-refractivity contribution in [3.05, 3.63) is 0 Å². The largest absolute Gasteiger partial charge is 0.389 e. The molecule has 3 N–H and O–H groups in total. The molecule has 0 aliphatic carbocycles. The maximum Gasteiger partial charge on any atom is 0.389 e. The lowest BCUT2D eigenvalue weighted by atomic mass is 10.0. The summed E-state index contributed by atoms with van der Waals surface area (Å²) in [5, 5.41) is 2.63. The first kappa shape index (κ1) is 16.2. The molecule has 1 unspecified atom stereocenters. The molecule has 0 saturated heterocycles. The Morgan fingerprint density at radius 2 is 1.94 bits per heavy atom. The van der Waals surface area contributed by atoms with Gasteiger partial charge in [0.1, 0.15) is 0 Å². The number of amides is 1. The van der Waals surface area contributed by atoms with Crippen LogP contribution < -0.4 is 11.1 Å². The Morgan fingerprint density at radius 1 is 1.29 bits per heavy atom. The van der Waals surface area contributed by atoms with E-state index in [4.69, 9.17) is 5.73 Å². The Hall–Kier alpha value is -0.780. The normalized spacial score (nSPS) is 13.5. The number of alkyl halides is 3. The Bertz CT molecular complexity index is 219. The van der Waals surface area contributed by atoms with Crippen LogP contribution in [0.3, 0.4) is 0 Å². The van der Waals surface area contributed by atoms with Gasteiger partial charge in [-0.3, -0.25) is 4.79 Å². The molecule has 6 heteroatoms.